The molecule has 6 nitrogen and oxygen atoms in total. The lowest BCUT2D eigenvalue weighted by Crippen LogP contribution is -2.34. The van der Waals surface area contributed by atoms with Gasteiger partial charge in [0.25, 0.3) is 0 Å². The van der Waals surface area contributed by atoms with Crippen LogP contribution in [-0.4, -0.2) is 43.0 Å². The summed E-state index contributed by atoms with van der Waals surface area (Å²) in [4.78, 5) is 10.4. The van der Waals surface area contributed by atoms with Gasteiger partial charge in [-0.15, -0.1) is 0 Å². The Morgan fingerprint density at radius 1 is 1.33 bits per heavy atom. The molecule has 2 N–H and O–H groups in total. The van der Waals surface area contributed by atoms with Gasteiger partial charge in [0.05, 0.1) is 11.5 Å². The largest absolute Gasteiger partial charge is 0.383 e. The van der Waals surface area contributed by atoms with E-state index < -0.39 is 9.84 Å². The standard InChI is InChI=1S/C11H18N4O2S/c1-7-10(12)13-8(2)14-11(7)15(3)9-4-5-18(16,17)6-9/h9H,4-6H2,1-3H3,(H2,12,13,14). The molecule has 1 aromatic rings. The molecule has 1 saturated heterocycles. The summed E-state index contributed by atoms with van der Waals surface area (Å²) in [5.74, 6) is 2.21. The number of rotatable bonds is 2. The number of hydrogen-bond acceptors (Lipinski definition) is 6. The zero-order valence-corrected chi connectivity index (χ0v) is 11.7. The molecule has 1 atom stereocenters. The molecular formula is C11H18N4O2S. The molecule has 0 aromatic carbocycles. The molecule has 100 valence electrons. The summed E-state index contributed by atoms with van der Waals surface area (Å²) < 4.78 is 23.0. The lowest BCUT2D eigenvalue weighted by Gasteiger charge is -2.26. The SMILES string of the molecule is Cc1nc(N)c(C)c(N(C)C2CCS(=O)(=O)C2)n1. The highest BCUT2D eigenvalue weighted by atomic mass is 32.2. The van der Waals surface area contributed by atoms with Gasteiger partial charge in [0, 0.05) is 18.7 Å². The second-order valence-electron chi connectivity index (χ2n) is 4.77. The van der Waals surface area contributed by atoms with Gasteiger partial charge in [-0.05, 0) is 20.3 Å². The number of aryl methyl sites for hydroxylation is 1. The van der Waals surface area contributed by atoms with Crippen molar-refractivity contribution in [2.45, 2.75) is 26.3 Å². The Morgan fingerprint density at radius 2 is 2.00 bits per heavy atom. The van der Waals surface area contributed by atoms with Gasteiger partial charge in [0.2, 0.25) is 0 Å². The van der Waals surface area contributed by atoms with Crippen molar-refractivity contribution >= 4 is 21.5 Å². The number of anilines is 2. The molecule has 0 radical (unpaired) electrons. The van der Waals surface area contributed by atoms with Crippen molar-refractivity contribution in [2.75, 3.05) is 29.2 Å². The fourth-order valence-electron chi connectivity index (χ4n) is 2.23. The summed E-state index contributed by atoms with van der Waals surface area (Å²) in [6.45, 7) is 3.63. The monoisotopic (exact) mass is 270 g/mol. The maximum Gasteiger partial charge on any atom is 0.152 e. The van der Waals surface area contributed by atoms with Crippen LogP contribution in [0.4, 0.5) is 11.6 Å². The second kappa shape index (κ2) is 4.38. The van der Waals surface area contributed by atoms with E-state index in [2.05, 4.69) is 9.97 Å². The summed E-state index contributed by atoms with van der Waals surface area (Å²) in [5.41, 5.74) is 6.61. The van der Waals surface area contributed by atoms with Gasteiger partial charge in [-0.25, -0.2) is 18.4 Å². The Labute approximate surface area is 107 Å². The first-order chi connectivity index (χ1) is 8.30. The van der Waals surface area contributed by atoms with Crippen LogP contribution >= 0.6 is 0 Å². The predicted molar refractivity (Wildman–Crippen MR) is 71.4 cm³/mol. The number of nitrogens with two attached hydrogens (primary N) is 1. The van der Waals surface area contributed by atoms with Crippen LogP contribution in [0.15, 0.2) is 0 Å². The van der Waals surface area contributed by atoms with Crippen molar-refractivity contribution in [1.82, 2.24) is 9.97 Å². The first kappa shape index (κ1) is 13.1. The zero-order chi connectivity index (χ0) is 13.5. The van der Waals surface area contributed by atoms with Crippen molar-refractivity contribution in [3.8, 4) is 0 Å². The minimum Gasteiger partial charge on any atom is -0.383 e. The van der Waals surface area contributed by atoms with E-state index in [1.165, 1.54) is 0 Å². The molecular weight excluding hydrogens is 252 g/mol. The van der Waals surface area contributed by atoms with E-state index in [9.17, 15) is 8.42 Å². The fraction of sp³-hybridized carbons (Fsp3) is 0.636. The Bertz CT molecular complexity index is 571. The molecule has 1 aliphatic rings. The third-order valence-corrected chi connectivity index (χ3v) is 5.11. The number of nitrogens with zero attached hydrogens (tertiary/aromatic N) is 3. The molecule has 1 aliphatic heterocycles. The third-order valence-electron chi connectivity index (χ3n) is 3.36. The number of aromatic nitrogens is 2. The lowest BCUT2D eigenvalue weighted by molar-refractivity contribution is 0.600. The van der Waals surface area contributed by atoms with Crippen LogP contribution in [0, 0.1) is 13.8 Å². The van der Waals surface area contributed by atoms with Crippen LogP contribution in [0.25, 0.3) is 0 Å². The summed E-state index contributed by atoms with van der Waals surface area (Å²) in [6, 6.07) is -0.0256. The maximum atomic E-state index is 11.5. The minimum atomic E-state index is -2.90. The van der Waals surface area contributed by atoms with E-state index in [0.717, 1.165) is 11.4 Å². The molecule has 1 fully saturated rings. The van der Waals surface area contributed by atoms with E-state index in [1.54, 1.807) is 6.92 Å². The minimum absolute atomic E-state index is 0.0256. The summed E-state index contributed by atoms with van der Waals surface area (Å²) in [7, 11) is -1.04. The van der Waals surface area contributed by atoms with Gasteiger partial charge >= 0.3 is 0 Å². The van der Waals surface area contributed by atoms with Crippen LogP contribution < -0.4 is 10.6 Å². The van der Waals surface area contributed by atoms with E-state index in [-0.39, 0.29) is 17.5 Å². The average molecular weight is 270 g/mol. The Balaban J connectivity index is 2.32. The van der Waals surface area contributed by atoms with Crippen LogP contribution in [0.3, 0.4) is 0 Å². The topological polar surface area (TPSA) is 89.2 Å². The van der Waals surface area contributed by atoms with E-state index in [1.807, 2.05) is 18.9 Å². The molecule has 2 rings (SSSR count). The lowest BCUT2D eigenvalue weighted by atomic mass is 10.2. The maximum absolute atomic E-state index is 11.5. The van der Waals surface area contributed by atoms with Crippen LogP contribution in [0.1, 0.15) is 17.8 Å². The summed E-state index contributed by atoms with van der Waals surface area (Å²) in [5, 5.41) is 0. The molecule has 0 aliphatic carbocycles. The van der Waals surface area contributed by atoms with Crippen molar-refractivity contribution in [3.63, 3.8) is 0 Å². The van der Waals surface area contributed by atoms with E-state index >= 15 is 0 Å². The average Bonchev–Trinajstić information content (AvgIpc) is 2.63. The van der Waals surface area contributed by atoms with Crippen molar-refractivity contribution in [1.29, 1.82) is 0 Å². The molecule has 0 spiro atoms. The fourth-order valence-corrected chi connectivity index (χ4v) is 4.01. The molecule has 1 aromatic heterocycles. The predicted octanol–water partition coefficient (Wildman–Crippen LogP) is 0.299. The molecule has 0 saturated carbocycles. The van der Waals surface area contributed by atoms with Gasteiger partial charge in [-0.1, -0.05) is 0 Å². The summed E-state index contributed by atoms with van der Waals surface area (Å²) in [6.07, 6.45) is 0.640. The second-order valence-corrected chi connectivity index (χ2v) is 7.00. The first-order valence-corrected chi connectivity index (χ1v) is 7.66. The van der Waals surface area contributed by atoms with Gasteiger partial charge in [0.1, 0.15) is 17.5 Å². The highest BCUT2D eigenvalue weighted by Gasteiger charge is 2.32. The van der Waals surface area contributed by atoms with Gasteiger partial charge in [-0.3, -0.25) is 0 Å². The molecule has 0 amide bonds. The van der Waals surface area contributed by atoms with E-state index in [4.69, 9.17) is 5.73 Å². The van der Waals surface area contributed by atoms with Crippen LogP contribution in [0.2, 0.25) is 0 Å². The number of hydrogen-bond donors (Lipinski definition) is 1. The quantitative estimate of drug-likeness (QED) is 0.831. The highest BCUT2D eigenvalue weighted by molar-refractivity contribution is 7.91. The summed E-state index contributed by atoms with van der Waals surface area (Å²) >= 11 is 0. The molecule has 1 unspecified atom stereocenters. The Morgan fingerprint density at radius 3 is 2.56 bits per heavy atom. The van der Waals surface area contributed by atoms with Crippen LogP contribution in [0.5, 0.6) is 0 Å². The molecule has 7 heteroatoms. The van der Waals surface area contributed by atoms with Gasteiger partial charge in [-0.2, -0.15) is 0 Å². The van der Waals surface area contributed by atoms with Crippen LogP contribution in [-0.2, 0) is 9.84 Å². The smallest absolute Gasteiger partial charge is 0.152 e. The molecule has 2 heterocycles. The van der Waals surface area contributed by atoms with Gasteiger partial charge in [0.15, 0.2) is 9.84 Å². The number of nitrogen functional groups attached to an aromatic ring is 1. The van der Waals surface area contributed by atoms with Crippen molar-refractivity contribution < 1.29 is 8.42 Å². The van der Waals surface area contributed by atoms with Crippen molar-refractivity contribution in [3.05, 3.63) is 11.4 Å². The van der Waals surface area contributed by atoms with Crippen molar-refractivity contribution in [2.24, 2.45) is 0 Å². The molecule has 0 bridgehead atoms. The number of sulfone groups is 1. The Kier molecular flexibility index (Phi) is 3.18. The normalized spacial score (nSPS) is 22.1. The Hall–Kier alpha value is -1.37. The third kappa shape index (κ3) is 2.40. The first-order valence-electron chi connectivity index (χ1n) is 5.84. The van der Waals surface area contributed by atoms with E-state index in [0.29, 0.717) is 18.1 Å². The van der Waals surface area contributed by atoms with Gasteiger partial charge < -0.3 is 10.6 Å². The zero-order valence-electron chi connectivity index (χ0n) is 10.8. The molecule has 18 heavy (non-hydrogen) atoms. The highest BCUT2D eigenvalue weighted by Crippen LogP contribution is 2.26.